The summed E-state index contributed by atoms with van der Waals surface area (Å²) in [6, 6.07) is 18.7. The highest BCUT2D eigenvalue weighted by atomic mass is 32.2. The van der Waals surface area contributed by atoms with Gasteiger partial charge in [-0.2, -0.15) is 0 Å². The van der Waals surface area contributed by atoms with Gasteiger partial charge in [0, 0.05) is 12.8 Å². The van der Waals surface area contributed by atoms with Crippen LogP contribution in [0.3, 0.4) is 0 Å². The number of nitrogens with two attached hydrogens (primary N) is 2. The van der Waals surface area contributed by atoms with Crippen molar-refractivity contribution in [1.29, 1.82) is 0 Å². The maximum absolute atomic E-state index is 13.0. The Labute approximate surface area is 138 Å². The van der Waals surface area contributed by atoms with Crippen LogP contribution in [-0.4, -0.2) is 18.2 Å². The number of benzene rings is 2. The van der Waals surface area contributed by atoms with Gasteiger partial charge in [-0.05, 0) is 25.0 Å². The highest BCUT2D eigenvalue weighted by molar-refractivity contribution is 7.94. The van der Waals surface area contributed by atoms with Crippen molar-refractivity contribution >= 4 is 9.84 Å². The Hall–Kier alpha value is -1.69. The average Bonchev–Trinajstić information content (AvgIpc) is 2.48. The van der Waals surface area contributed by atoms with Crippen LogP contribution in [0.5, 0.6) is 0 Å². The van der Waals surface area contributed by atoms with Gasteiger partial charge >= 0.3 is 0 Å². The molecule has 0 saturated carbocycles. The summed E-state index contributed by atoms with van der Waals surface area (Å²) in [5, 5.41) is 0. The van der Waals surface area contributed by atoms with E-state index in [0.717, 1.165) is 11.1 Å². The second-order valence-electron chi connectivity index (χ2n) is 6.45. The fourth-order valence-electron chi connectivity index (χ4n) is 2.72. The fraction of sp³-hybridized carbons (Fsp3) is 0.333. The predicted octanol–water partition coefficient (Wildman–Crippen LogP) is 2.24. The summed E-state index contributed by atoms with van der Waals surface area (Å²) in [6.45, 7) is 3.07. The van der Waals surface area contributed by atoms with Crippen LogP contribution in [-0.2, 0) is 22.7 Å². The third-order valence-corrected chi connectivity index (χ3v) is 6.77. The lowest BCUT2D eigenvalue weighted by atomic mass is 10.1. The monoisotopic (exact) mass is 332 g/mol. The largest absolute Gasteiger partial charge is 0.312 e. The molecule has 2 aromatic rings. The van der Waals surface area contributed by atoms with Crippen LogP contribution in [0.4, 0.5) is 0 Å². The molecule has 2 aromatic carbocycles. The molecule has 0 aliphatic carbocycles. The summed E-state index contributed by atoms with van der Waals surface area (Å²) in [5.41, 5.74) is 14.1. The van der Waals surface area contributed by atoms with Gasteiger partial charge in [0.05, 0.1) is 0 Å². The predicted molar refractivity (Wildman–Crippen MR) is 94.4 cm³/mol. The molecule has 0 aromatic heterocycles. The second-order valence-corrected chi connectivity index (χ2v) is 9.33. The molecule has 4 N–H and O–H groups in total. The molecule has 0 heterocycles. The molecular formula is C18H24N2O2S. The summed E-state index contributed by atoms with van der Waals surface area (Å²) in [4.78, 5) is -2.88. The van der Waals surface area contributed by atoms with Crippen LogP contribution < -0.4 is 11.5 Å². The Morgan fingerprint density at radius 1 is 0.739 bits per heavy atom. The van der Waals surface area contributed by atoms with Gasteiger partial charge in [-0.15, -0.1) is 0 Å². The molecule has 0 aliphatic heterocycles. The Balaban J connectivity index is 2.27. The minimum atomic E-state index is -3.78. The van der Waals surface area contributed by atoms with E-state index < -0.39 is 19.6 Å². The van der Waals surface area contributed by atoms with E-state index in [1.807, 2.05) is 60.7 Å². The molecule has 2 rings (SSSR count). The van der Waals surface area contributed by atoms with E-state index in [1.165, 1.54) is 13.8 Å². The first-order valence-electron chi connectivity index (χ1n) is 7.55. The quantitative estimate of drug-likeness (QED) is 0.849. The van der Waals surface area contributed by atoms with Crippen molar-refractivity contribution in [2.75, 3.05) is 0 Å². The summed E-state index contributed by atoms with van der Waals surface area (Å²) >= 11 is 0. The van der Waals surface area contributed by atoms with Gasteiger partial charge < -0.3 is 11.5 Å². The summed E-state index contributed by atoms with van der Waals surface area (Å²) in [7, 11) is -3.78. The van der Waals surface area contributed by atoms with Gasteiger partial charge in [-0.1, -0.05) is 60.7 Å². The van der Waals surface area contributed by atoms with Gasteiger partial charge in [-0.25, -0.2) is 8.42 Å². The van der Waals surface area contributed by atoms with Crippen LogP contribution in [0.1, 0.15) is 25.0 Å². The lowest BCUT2D eigenvalue weighted by Gasteiger charge is -2.35. The highest BCUT2D eigenvalue weighted by Crippen LogP contribution is 2.28. The van der Waals surface area contributed by atoms with Crippen molar-refractivity contribution in [3.8, 4) is 0 Å². The molecule has 4 nitrogen and oxygen atoms in total. The number of rotatable bonds is 6. The van der Waals surface area contributed by atoms with Crippen molar-refractivity contribution in [1.82, 2.24) is 0 Å². The minimum absolute atomic E-state index is 0.220. The Bertz CT molecular complexity index is 680. The first kappa shape index (κ1) is 17.7. The first-order chi connectivity index (χ1) is 10.7. The van der Waals surface area contributed by atoms with Gasteiger partial charge in [-0.3, -0.25) is 0 Å². The summed E-state index contributed by atoms with van der Waals surface area (Å²) in [6.07, 6.45) is 0.440. The maximum Gasteiger partial charge on any atom is 0.187 e. The molecule has 0 saturated heterocycles. The first-order valence-corrected chi connectivity index (χ1v) is 9.04. The van der Waals surface area contributed by atoms with E-state index in [9.17, 15) is 8.42 Å². The van der Waals surface area contributed by atoms with Gasteiger partial charge in [0.15, 0.2) is 9.84 Å². The van der Waals surface area contributed by atoms with Crippen LogP contribution in [0.15, 0.2) is 60.7 Å². The maximum atomic E-state index is 13.0. The topological polar surface area (TPSA) is 86.2 Å². The van der Waals surface area contributed by atoms with Crippen molar-refractivity contribution in [3.63, 3.8) is 0 Å². The molecule has 124 valence electrons. The van der Waals surface area contributed by atoms with Crippen molar-refractivity contribution < 1.29 is 8.42 Å². The lowest BCUT2D eigenvalue weighted by molar-refractivity contribution is 0.482. The number of hydrogen-bond acceptors (Lipinski definition) is 4. The molecular weight excluding hydrogens is 308 g/mol. The molecule has 5 heteroatoms. The van der Waals surface area contributed by atoms with Crippen LogP contribution in [0.25, 0.3) is 0 Å². The van der Waals surface area contributed by atoms with E-state index in [4.69, 9.17) is 11.5 Å². The molecule has 0 amide bonds. The molecule has 2 atom stereocenters. The Morgan fingerprint density at radius 2 is 1.04 bits per heavy atom. The lowest BCUT2D eigenvalue weighted by Crippen LogP contribution is -2.60. The highest BCUT2D eigenvalue weighted by Gasteiger charge is 2.47. The molecule has 0 aliphatic rings. The number of hydrogen-bond donors (Lipinski definition) is 2. The smallest absolute Gasteiger partial charge is 0.187 e. The zero-order valence-corrected chi connectivity index (χ0v) is 14.4. The molecule has 0 unspecified atom stereocenters. The van der Waals surface area contributed by atoms with E-state index in [1.54, 1.807) is 0 Å². The number of sulfone groups is 1. The van der Waals surface area contributed by atoms with Crippen LogP contribution in [0.2, 0.25) is 0 Å². The van der Waals surface area contributed by atoms with Crippen molar-refractivity contribution in [2.24, 2.45) is 11.5 Å². The SMILES string of the molecule is C[C@@](N)(Cc1ccccc1)S(=O)(=O)[C@](C)(N)Cc1ccccc1. The second kappa shape index (κ2) is 6.43. The Kier molecular flexibility index (Phi) is 4.94. The van der Waals surface area contributed by atoms with E-state index in [2.05, 4.69) is 0 Å². The Morgan fingerprint density at radius 3 is 1.35 bits per heavy atom. The molecule has 23 heavy (non-hydrogen) atoms. The molecule has 0 bridgehead atoms. The van der Waals surface area contributed by atoms with E-state index >= 15 is 0 Å². The third kappa shape index (κ3) is 3.80. The normalized spacial score (nSPS) is 17.2. The summed E-state index contributed by atoms with van der Waals surface area (Å²) < 4.78 is 26.1. The molecule has 0 fully saturated rings. The molecule has 0 radical (unpaired) electrons. The third-order valence-electron chi connectivity index (χ3n) is 4.02. The van der Waals surface area contributed by atoms with Crippen LogP contribution in [0, 0.1) is 0 Å². The van der Waals surface area contributed by atoms with Crippen molar-refractivity contribution in [2.45, 2.75) is 36.4 Å². The molecule has 0 spiro atoms. The standard InChI is InChI=1S/C18H24N2O2S/c1-17(19,13-15-9-5-3-6-10-15)23(21,22)18(2,20)14-16-11-7-4-8-12-16/h3-12H,13-14,19-20H2,1-2H3/t17-,18-/m0/s1. The van der Waals surface area contributed by atoms with Crippen molar-refractivity contribution in [3.05, 3.63) is 71.8 Å². The van der Waals surface area contributed by atoms with Crippen LogP contribution >= 0.6 is 0 Å². The van der Waals surface area contributed by atoms with Gasteiger partial charge in [0.1, 0.15) is 9.74 Å². The zero-order chi connectivity index (χ0) is 17.1. The minimum Gasteiger partial charge on any atom is -0.312 e. The van der Waals surface area contributed by atoms with Gasteiger partial charge in [0.2, 0.25) is 0 Å². The average molecular weight is 332 g/mol. The van der Waals surface area contributed by atoms with E-state index in [-0.39, 0.29) is 12.8 Å². The summed E-state index contributed by atoms with van der Waals surface area (Å²) in [5.74, 6) is 0. The fourth-order valence-corrected chi connectivity index (χ4v) is 4.50. The zero-order valence-electron chi connectivity index (χ0n) is 13.6. The van der Waals surface area contributed by atoms with E-state index in [0.29, 0.717) is 0 Å². The van der Waals surface area contributed by atoms with Gasteiger partial charge in [0.25, 0.3) is 0 Å².